The standard InChI is InChI=1S/C29H21N4.Ir/c1-32-20-31-26-17-9-16-25(28(26)32)29-30-18-19-33(29)27-23(21-10-4-2-5-11-21)14-8-15-24(27)22-12-6-3-7-13-22;/h2-15,17-20H,1H3;/q-1;. The molecule has 0 aliphatic carbocycles. The maximum atomic E-state index is 4.79. The number of fused-ring (bicyclic) bond motifs is 1. The van der Waals surface area contributed by atoms with Crippen molar-refractivity contribution >= 4 is 11.0 Å². The van der Waals surface area contributed by atoms with Gasteiger partial charge in [0.1, 0.15) is 0 Å². The van der Waals surface area contributed by atoms with Crippen molar-refractivity contribution in [2.45, 2.75) is 0 Å². The van der Waals surface area contributed by atoms with E-state index in [4.69, 9.17) is 4.98 Å². The number of benzene rings is 4. The molecule has 0 unspecified atom stereocenters. The van der Waals surface area contributed by atoms with E-state index in [-0.39, 0.29) is 20.1 Å². The molecule has 0 spiro atoms. The third-order valence-electron chi connectivity index (χ3n) is 5.98. The Hall–Kier alpha value is -3.79. The van der Waals surface area contributed by atoms with Gasteiger partial charge in [-0.15, -0.1) is 18.2 Å². The molecule has 4 aromatic carbocycles. The Labute approximate surface area is 211 Å². The third kappa shape index (κ3) is 3.69. The van der Waals surface area contributed by atoms with E-state index in [0.29, 0.717) is 0 Å². The molecule has 167 valence electrons. The molecule has 0 N–H and O–H groups in total. The minimum Gasteiger partial charge on any atom is -0.374 e. The van der Waals surface area contributed by atoms with Crippen LogP contribution in [0.5, 0.6) is 0 Å². The normalized spacial score (nSPS) is 10.9. The number of imidazole rings is 2. The van der Waals surface area contributed by atoms with E-state index in [1.54, 1.807) is 0 Å². The predicted octanol–water partition coefficient (Wildman–Crippen LogP) is 6.56. The second-order valence-electron chi connectivity index (χ2n) is 8.00. The van der Waals surface area contributed by atoms with Crippen LogP contribution in [0.15, 0.2) is 110 Å². The van der Waals surface area contributed by atoms with Crippen molar-refractivity contribution in [1.82, 2.24) is 19.1 Å². The first kappa shape index (κ1) is 22.0. The van der Waals surface area contributed by atoms with Crippen LogP contribution in [0.2, 0.25) is 0 Å². The summed E-state index contributed by atoms with van der Waals surface area (Å²) in [4.78, 5) is 9.32. The number of hydrogen-bond acceptors (Lipinski definition) is 2. The summed E-state index contributed by atoms with van der Waals surface area (Å²) in [6.45, 7) is 0. The van der Waals surface area contributed by atoms with Crippen LogP contribution < -0.4 is 0 Å². The van der Waals surface area contributed by atoms with E-state index in [0.717, 1.165) is 50.4 Å². The summed E-state index contributed by atoms with van der Waals surface area (Å²) in [6.07, 6.45) is 5.73. The van der Waals surface area contributed by atoms with Gasteiger partial charge in [0.15, 0.2) is 0 Å². The molecule has 6 rings (SSSR count). The first-order valence-corrected chi connectivity index (χ1v) is 10.9. The first-order chi connectivity index (χ1) is 16.3. The van der Waals surface area contributed by atoms with Crippen LogP contribution in [-0.2, 0) is 27.2 Å². The van der Waals surface area contributed by atoms with Crippen molar-refractivity contribution in [2.75, 3.05) is 0 Å². The summed E-state index contributed by atoms with van der Waals surface area (Å²) in [5, 5.41) is 0. The average molecular weight is 618 g/mol. The molecule has 0 amide bonds. The zero-order valence-electron chi connectivity index (χ0n) is 18.5. The number of para-hydroxylation sites is 1. The largest absolute Gasteiger partial charge is 0.374 e. The van der Waals surface area contributed by atoms with E-state index in [1.807, 2.05) is 54.6 Å². The second-order valence-corrected chi connectivity index (χ2v) is 8.00. The van der Waals surface area contributed by atoms with Gasteiger partial charge in [-0.2, -0.15) is 0 Å². The van der Waals surface area contributed by atoms with Gasteiger partial charge in [-0.25, -0.2) is 0 Å². The minimum absolute atomic E-state index is 0. The molecular formula is C29H21IrN4-. The van der Waals surface area contributed by atoms with E-state index < -0.39 is 0 Å². The van der Waals surface area contributed by atoms with Crippen molar-refractivity contribution < 1.29 is 20.1 Å². The Balaban J connectivity index is 0.00000241. The van der Waals surface area contributed by atoms with Gasteiger partial charge in [-0.3, -0.25) is 9.97 Å². The van der Waals surface area contributed by atoms with Crippen LogP contribution in [0.3, 0.4) is 0 Å². The maximum absolute atomic E-state index is 4.79. The topological polar surface area (TPSA) is 35.6 Å². The van der Waals surface area contributed by atoms with Gasteiger partial charge >= 0.3 is 0 Å². The Morgan fingerprint density at radius 1 is 0.735 bits per heavy atom. The smallest absolute Gasteiger partial charge is 0.0852 e. The van der Waals surface area contributed by atoms with Gasteiger partial charge in [-0.1, -0.05) is 84.4 Å². The molecule has 0 saturated heterocycles. The van der Waals surface area contributed by atoms with Crippen LogP contribution in [0, 0.1) is 6.07 Å². The molecule has 1 radical (unpaired) electrons. The quantitative estimate of drug-likeness (QED) is 0.210. The molecule has 6 aromatic rings. The van der Waals surface area contributed by atoms with E-state index in [9.17, 15) is 0 Å². The number of aromatic nitrogens is 4. The molecule has 0 saturated carbocycles. The molecule has 0 bridgehead atoms. The molecular weight excluding hydrogens is 597 g/mol. The van der Waals surface area contributed by atoms with E-state index in [2.05, 4.69) is 82.3 Å². The van der Waals surface area contributed by atoms with Crippen LogP contribution in [-0.4, -0.2) is 19.1 Å². The monoisotopic (exact) mass is 618 g/mol. The minimum atomic E-state index is 0. The molecule has 2 aromatic heterocycles. The molecule has 0 aliphatic heterocycles. The predicted molar refractivity (Wildman–Crippen MR) is 133 cm³/mol. The van der Waals surface area contributed by atoms with E-state index in [1.165, 1.54) is 0 Å². The SMILES string of the molecule is Cn1cnc2cc[c-]c(-c3nccn3-c3c(-c4ccccc4)cccc3-c3ccccc3)c21.[Ir]. The van der Waals surface area contributed by atoms with Crippen molar-refractivity contribution in [3.63, 3.8) is 0 Å². The number of rotatable bonds is 4. The van der Waals surface area contributed by atoms with Crippen LogP contribution >= 0.6 is 0 Å². The Bertz CT molecular complexity index is 1510. The van der Waals surface area contributed by atoms with Crippen molar-refractivity contribution in [3.05, 3.63) is 116 Å². The molecule has 5 heteroatoms. The molecule has 0 fully saturated rings. The fourth-order valence-electron chi connectivity index (χ4n) is 4.49. The Kier molecular flexibility index (Phi) is 5.97. The maximum Gasteiger partial charge on any atom is 0.0852 e. The fourth-order valence-corrected chi connectivity index (χ4v) is 4.49. The molecule has 2 heterocycles. The number of hydrogen-bond donors (Lipinski definition) is 0. The molecule has 4 nitrogen and oxygen atoms in total. The zero-order valence-corrected chi connectivity index (χ0v) is 20.9. The fraction of sp³-hybridized carbons (Fsp3) is 0.0345. The van der Waals surface area contributed by atoms with Crippen molar-refractivity contribution in [2.24, 2.45) is 7.05 Å². The third-order valence-corrected chi connectivity index (χ3v) is 5.98. The van der Waals surface area contributed by atoms with Gasteiger partial charge < -0.3 is 9.13 Å². The average Bonchev–Trinajstić information content (AvgIpc) is 3.52. The summed E-state index contributed by atoms with van der Waals surface area (Å²) in [6, 6.07) is 34.8. The summed E-state index contributed by atoms with van der Waals surface area (Å²) in [5.74, 6) is 0.838. The molecule has 0 atom stereocenters. The summed E-state index contributed by atoms with van der Waals surface area (Å²) in [7, 11) is 2.01. The van der Waals surface area contributed by atoms with Crippen LogP contribution in [0.25, 0.3) is 50.4 Å². The van der Waals surface area contributed by atoms with E-state index >= 15 is 0 Å². The number of nitrogens with zero attached hydrogens (tertiary/aromatic N) is 4. The van der Waals surface area contributed by atoms with Crippen LogP contribution in [0.4, 0.5) is 0 Å². The molecule has 34 heavy (non-hydrogen) atoms. The summed E-state index contributed by atoms with van der Waals surface area (Å²) < 4.78 is 4.21. The van der Waals surface area contributed by atoms with Gasteiger partial charge in [0.2, 0.25) is 0 Å². The van der Waals surface area contributed by atoms with Gasteiger partial charge in [0.05, 0.1) is 17.8 Å². The second kappa shape index (κ2) is 9.22. The van der Waals surface area contributed by atoms with Gasteiger partial charge in [0, 0.05) is 56.2 Å². The summed E-state index contributed by atoms with van der Waals surface area (Å²) >= 11 is 0. The summed E-state index contributed by atoms with van der Waals surface area (Å²) in [5.41, 5.74) is 8.58. The molecule has 0 aliphatic rings. The zero-order chi connectivity index (χ0) is 22.2. The van der Waals surface area contributed by atoms with Crippen molar-refractivity contribution in [3.8, 4) is 39.3 Å². The Morgan fingerprint density at radius 2 is 1.38 bits per heavy atom. The first-order valence-electron chi connectivity index (χ1n) is 10.9. The Morgan fingerprint density at radius 3 is 2.03 bits per heavy atom. The van der Waals surface area contributed by atoms with Crippen LogP contribution in [0.1, 0.15) is 0 Å². The number of aryl methyl sites for hydroxylation is 1. The van der Waals surface area contributed by atoms with Gasteiger partial charge in [0.25, 0.3) is 0 Å². The van der Waals surface area contributed by atoms with Gasteiger partial charge in [-0.05, 0) is 16.6 Å². The van der Waals surface area contributed by atoms with Crippen molar-refractivity contribution in [1.29, 1.82) is 0 Å².